The molecule has 1 amide bonds. The van der Waals surface area contributed by atoms with E-state index in [9.17, 15) is 19.1 Å². The summed E-state index contributed by atoms with van der Waals surface area (Å²) >= 11 is 13.0. The van der Waals surface area contributed by atoms with E-state index in [1.807, 2.05) is 0 Å². The van der Waals surface area contributed by atoms with E-state index in [0.717, 1.165) is 18.9 Å². The first-order valence-electron chi connectivity index (χ1n) is 14.2. The fraction of sp³-hybridized carbons (Fsp3) is 0.355. The molecule has 3 N–H and O–H groups in total. The van der Waals surface area contributed by atoms with Crippen molar-refractivity contribution in [3.05, 3.63) is 75.0 Å². The topological polar surface area (TPSA) is 109 Å². The standard InChI is InChI=1S/C31H28Cl2F2N4O5/c32-23-6-19(38-13-31(35,36)14-38)7-24(33)27(23)29(40)37-10-16-2-1-3-20(28(16)44-15-37)21-9-26(22(30(41)42)8-25(21)34)39-17-4-5-18(39)12-43-11-17/h1-3,6-9,17-18H,4-5,10-15,36H2,(H,41,42). The van der Waals surface area contributed by atoms with Crippen molar-refractivity contribution >= 4 is 46.5 Å². The zero-order valence-corrected chi connectivity index (χ0v) is 24.9. The van der Waals surface area contributed by atoms with Gasteiger partial charge in [0.05, 0.1) is 71.8 Å². The van der Waals surface area contributed by atoms with Crippen LogP contribution in [0.2, 0.25) is 10.0 Å². The van der Waals surface area contributed by atoms with Gasteiger partial charge in [-0.15, -0.1) is 0 Å². The van der Waals surface area contributed by atoms with E-state index in [4.69, 9.17) is 38.4 Å². The number of morpholine rings is 1. The number of para-hydroxylation sites is 1. The fourth-order valence-corrected chi connectivity index (χ4v) is 7.30. The molecule has 0 aromatic heterocycles. The third kappa shape index (κ3) is 4.92. The quantitative estimate of drug-likeness (QED) is 0.360. The number of nitrogens with two attached hydrogens (primary N) is 1. The summed E-state index contributed by atoms with van der Waals surface area (Å²) in [6.07, 6.45) is 1.73. The number of halogens is 4. The van der Waals surface area contributed by atoms with E-state index in [0.29, 0.717) is 41.5 Å². The highest BCUT2D eigenvalue weighted by atomic mass is 35.5. The fourth-order valence-electron chi connectivity index (χ4n) is 6.67. The number of amides is 1. The van der Waals surface area contributed by atoms with Crippen LogP contribution >= 0.6 is 23.2 Å². The van der Waals surface area contributed by atoms with Crippen LogP contribution in [0.4, 0.5) is 20.2 Å². The van der Waals surface area contributed by atoms with Crippen molar-refractivity contribution < 1.29 is 33.0 Å². The zero-order valence-electron chi connectivity index (χ0n) is 23.4. The van der Waals surface area contributed by atoms with E-state index in [1.165, 1.54) is 4.90 Å². The van der Waals surface area contributed by atoms with Crippen LogP contribution in [-0.4, -0.2) is 72.8 Å². The van der Waals surface area contributed by atoms with Crippen molar-refractivity contribution in [3.8, 4) is 16.9 Å². The van der Waals surface area contributed by atoms with Crippen LogP contribution in [0.25, 0.3) is 11.1 Å². The smallest absolute Gasteiger partial charge is 0.337 e. The second-order valence-electron chi connectivity index (χ2n) is 11.7. The number of ether oxygens (including phenoxy) is 2. The molecule has 2 unspecified atom stereocenters. The number of carbonyl (C=O) groups is 2. The Kier molecular flexibility index (Phi) is 7.12. The summed E-state index contributed by atoms with van der Waals surface area (Å²) < 4.78 is 41.2. The Morgan fingerprint density at radius 1 is 1.02 bits per heavy atom. The average Bonchev–Trinajstić information content (AvgIpc) is 3.21. The molecule has 2 atom stereocenters. The number of carbonyl (C=O) groups excluding carboxylic acids is 1. The Balaban J connectivity index is 1.18. The molecule has 0 aliphatic carbocycles. The summed E-state index contributed by atoms with van der Waals surface area (Å²) in [4.78, 5) is 30.9. The number of anilines is 2. The van der Waals surface area contributed by atoms with Gasteiger partial charge in [-0.1, -0.05) is 41.4 Å². The van der Waals surface area contributed by atoms with Crippen LogP contribution < -0.4 is 20.3 Å². The molecule has 4 aliphatic rings. The first kappa shape index (κ1) is 29.1. The van der Waals surface area contributed by atoms with Gasteiger partial charge < -0.3 is 29.3 Å². The molecule has 3 fully saturated rings. The molecule has 44 heavy (non-hydrogen) atoms. The maximum atomic E-state index is 15.6. The Morgan fingerprint density at radius 2 is 1.70 bits per heavy atom. The third-order valence-electron chi connectivity index (χ3n) is 8.75. The Bertz CT molecular complexity index is 1660. The molecular formula is C31H28Cl2F2N4O5. The third-order valence-corrected chi connectivity index (χ3v) is 9.34. The summed E-state index contributed by atoms with van der Waals surface area (Å²) in [6.45, 7) is 0.918. The van der Waals surface area contributed by atoms with Crippen LogP contribution in [-0.2, 0) is 11.3 Å². The van der Waals surface area contributed by atoms with Crippen molar-refractivity contribution in [2.75, 3.05) is 42.8 Å². The molecule has 0 spiro atoms. The Hall–Kier alpha value is -3.64. The highest BCUT2D eigenvalue weighted by molar-refractivity contribution is 6.40. The number of alkyl halides is 1. The van der Waals surface area contributed by atoms with Gasteiger partial charge in [-0.2, -0.15) is 0 Å². The van der Waals surface area contributed by atoms with Crippen molar-refractivity contribution in [2.45, 2.75) is 37.3 Å². The summed E-state index contributed by atoms with van der Waals surface area (Å²) in [7, 11) is 0. The minimum Gasteiger partial charge on any atom is -0.478 e. The molecule has 4 heterocycles. The van der Waals surface area contributed by atoms with Crippen LogP contribution in [0.1, 0.15) is 39.1 Å². The second kappa shape index (κ2) is 10.8. The molecule has 230 valence electrons. The molecule has 0 radical (unpaired) electrons. The van der Waals surface area contributed by atoms with E-state index in [2.05, 4.69) is 4.90 Å². The molecule has 13 heteroatoms. The van der Waals surface area contributed by atoms with Crippen molar-refractivity contribution in [3.63, 3.8) is 0 Å². The predicted molar refractivity (Wildman–Crippen MR) is 161 cm³/mol. The molecule has 0 saturated carbocycles. The number of fused-ring (bicyclic) bond motifs is 3. The number of benzene rings is 3. The van der Waals surface area contributed by atoms with Gasteiger partial charge in [-0.3, -0.25) is 10.5 Å². The van der Waals surface area contributed by atoms with Gasteiger partial charge in [-0.25, -0.2) is 13.6 Å². The van der Waals surface area contributed by atoms with E-state index in [-0.39, 0.29) is 65.2 Å². The number of hydrogen-bond donors (Lipinski definition) is 2. The summed E-state index contributed by atoms with van der Waals surface area (Å²) in [5.41, 5.74) is 7.74. The second-order valence-corrected chi connectivity index (χ2v) is 12.5. The number of hydrogen-bond acceptors (Lipinski definition) is 7. The van der Waals surface area contributed by atoms with Gasteiger partial charge in [0.15, 0.2) is 12.5 Å². The zero-order chi connectivity index (χ0) is 30.9. The van der Waals surface area contributed by atoms with Crippen molar-refractivity contribution in [1.29, 1.82) is 0 Å². The largest absolute Gasteiger partial charge is 0.478 e. The lowest BCUT2D eigenvalue weighted by atomic mass is 9.96. The Morgan fingerprint density at radius 3 is 2.34 bits per heavy atom. The van der Waals surface area contributed by atoms with Crippen molar-refractivity contribution in [2.24, 2.45) is 5.73 Å². The molecule has 3 aromatic carbocycles. The lowest BCUT2D eigenvalue weighted by Gasteiger charge is -2.43. The molecule has 9 nitrogen and oxygen atoms in total. The van der Waals surface area contributed by atoms with Gasteiger partial charge in [0.2, 0.25) is 0 Å². The lowest BCUT2D eigenvalue weighted by Crippen LogP contribution is -2.64. The summed E-state index contributed by atoms with van der Waals surface area (Å²) in [6, 6.07) is 11.0. The number of rotatable bonds is 5. The maximum Gasteiger partial charge on any atom is 0.337 e. The first-order valence-corrected chi connectivity index (χ1v) is 15.0. The average molecular weight is 645 g/mol. The molecular weight excluding hydrogens is 617 g/mol. The highest BCUT2D eigenvalue weighted by Gasteiger charge is 2.41. The van der Waals surface area contributed by atoms with Crippen LogP contribution in [0.5, 0.6) is 5.75 Å². The molecule has 3 saturated heterocycles. The monoisotopic (exact) mass is 644 g/mol. The Labute approximate surface area is 261 Å². The molecule has 4 aliphatic heterocycles. The maximum absolute atomic E-state index is 15.6. The molecule has 3 aromatic rings. The van der Waals surface area contributed by atoms with Crippen molar-refractivity contribution in [1.82, 2.24) is 4.90 Å². The number of carboxylic acid groups (broad SMARTS) is 1. The first-order chi connectivity index (χ1) is 21.0. The van der Waals surface area contributed by atoms with Gasteiger partial charge in [0.25, 0.3) is 5.91 Å². The van der Waals surface area contributed by atoms with Gasteiger partial charge >= 0.3 is 5.97 Å². The summed E-state index contributed by atoms with van der Waals surface area (Å²) in [5.74, 6) is -3.75. The number of carboxylic acids is 1. The van der Waals surface area contributed by atoms with Crippen LogP contribution in [0.3, 0.4) is 0 Å². The van der Waals surface area contributed by atoms with E-state index >= 15 is 4.39 Å². The molecule has 7 rings (SSSR count). The number of aromatic carboxylic acids is 1. The molecule has 2 bridgehead atoms. The number of nitrogens with zero attached hydrogens (tertiary/aromatic N) is 3. The minimum absolute atomic E-state index is 0.0131. The van der Waals surface area contributed by atoms with E-state index < -0.39 is 23.5 Å². The lowest BCUT2D eigenvalue weighted by molar-refractivity contribution is 0.0516. The van der Waals surface area contributed by atoms with Gasteiger partial charge in [-0.05, 0) is 37.1 Å². The van der Waals surface area contributed by atoms with Gasteiger partial charge in [0.1, 0.15) is 11.6 Å². The van der Waals surface area contributed by atoms with E-state index in [1.54, 1.807) is 41.3 Å². The normalized spacial score (nSPS) is 21.9. The predicted octanol–water partition coefficient (Wildman–Crippen LogP) is 5.30. The van der Waals surface area contributed by atoms with Crippen LogP contribution in [0.15, 0.2) is 42.5 Å². The van der Waals surface area contributed by atoms with Gasteiger partial charge in [0, 0.05) is 22.4 Å². The highest BCUT2D eigenvalue weighted by Crippen LogP contribution is 2.43. The SMILES string of the molecule is NC1(F)CN(c2cc(Cl)c(C(=O)N3COc4c(cccc4-c4cc(N5C6CCC5COC6)c(C(=O)O)cc4F)C3)c(Cl)c2)C1. The van der Waals surface area contributed by atoms with Crippen LogP contribution in [0, 0.1) is 5.82 Å². The summed E-state index contributed by atoms with van der Waals surface area (Å²) in [5, 5.41) is 10.1. The minimum atomic E-state index is -1.78.